The van der Waals surface area contributed by atoms with Crippen molar-refractivity contribution < 1.29 is 52.6 Å². The Morgan fingerprint density at radius 1 is 0.636 bits per heavy atom. The summed E-state index contributed by atoms with van der Waals surface area (Å²) in [7, 11) is -4.64. The molecular formula is C43H79O11P. The van der Waals surface area contributed by atoms with Crippen molar-refractivity contribution in [3.05, 3.63) is 24.3 Å². The molecule has 0 aliphatic rings. The number of allylic oxidation sites excluding steroid dienone is 4. The van der Waals surface area contributed by atoms with Gasteiger partial charge in [0.2, 0.25) is 0 Å². The highest BCUT2D eigenvalue weighted by Crippen LogP contribution is 2.43. The Hall–Kier alpha value is -1.88. The molecule has 0 aromatic rings. The van der Waals surface area contributed by atoms with Crippen LogP contribution >= 0.6 is 7.82 Å². The summed E-state index contributed by atoms with van der Waals surface area (Å²) >= 11 is 0. The quantitative estimate of drug-likeness (QED) is 0.0177. The van der Waals surface area contributed by atoms with Gasteiger partial charge in [0.1, 0.15) is 12.7 Å². The summed E-state index contributed by atoms with van der Waals surface area (Å²) < 4.78 is 32.6. The number of ether oxygens (including phenoxy) is 2. The first-order chi connectivity index (χ1) is 26.5. The minimum Gasteiger partial charge on any atom is -0.462 e. The van der Waals surface area contributed by atoms with Crippen molar-refractivity contribution in [2.75, 3.05) is 26.4 Å². The Balaban J connectivity index is 4.36. The number of aliphatic hydroxyl groups is 2. The molecule has 0 aromatic heterocycles. The maximum atomic E-state index is 12.6. The van der Waals surface area contributed by atoms with Crippen LogP contribution in [0.1, 0.15) is 188 Å². The number of aliphatic hydroxyl groups excluding tert-OH is 2. The number of rotatable bonds is 40. The zero-order chi connectivity index (χ0) is 40.8. The van der Waals surface area contributed by atoms with Crippen LogP contribution in [-0.4, -0.2) is 71.5 Å². The highest BCUT2D eigenvalue weighted by atomic mass is 31.2. The Morgan fingerprint density at radius 3 is 1.69 bits per heavy atom. The standard InChI is InChI=1S/C43H79O11P/c1-4-5-6-7-15-20-25-30-39(45)31-26-21-18-23-28-33-43(48)54-41(37-53-55(49,50)52-35-40(46)34-44)36-51-42(47)32-27-22-17-14-12-10-8-9-11-13-16-19-24-29-38(2)3/h15,20,25,30,38,40-41,44,46H,4-14,16-19,21-24,26-29,31-37H2,1-3H3,(H,49,50)/b20-15-,30-25+/t40-,41+/m0/s1. The van der Waals surface area contributed by atoms with Gasteiger partial charge in [0, 0.05) is 19.3 Å². The van der Waals surface area contributed by atoms with E-state index in [1.165, 1.54) is 77.0 Å². The van der Waals surface area contributed by atoms with Crippen LogP contribution in [0, 0.1) is 5.92 Å². The predicted octanol–water partition coefficient (Wildman–Crippen LogP) is 10.4. The lowest BCUT2D eigenvalue weighted by molar-refractivity contribution is -0.161. The smallest absolute Gasteiger partial charge is 0.462 e. The molecule has 0 aliphatic carbocycles. The summed E-state index contributed by atoms with van der Waals surface area (Å²) in [6.45, 7) is 4.53. The number of carbonyl (C=O) groups excluding carboxylic acids is 3. The molecule has 3 atom stereocenters. The highest BCUT2D eigenvalue weighted by molar-refractivity contribution is 7.47. The first-order valence-corrected chi connectivity index (χ1v) is 23.1. The largest absolute Gasteiger partial charge is 0.472 e. The average molecular weight is 803 g/mol. The van der Waals surface area contributed by atoms with E-state index in [0.717, 1.165) is 63.7 Å². The van der Waals surface area contributed by atoms with Crippen LogP contribution in [0.5, 0.6) is 0 Å². The third-order valence-corrected chi connectivity index (χ3v) is 10.2. The Kier molecular flexibility index (Phi) is 36.4. The number of hydrogen-bond donors (Lipinski definition) is 3. The first kappa shape index (κ1) is 53.1. The van der Waals surface area contributed by atoms with Crippen molar-refractivity contribution in [2.45, 2.75) is 200 Å². The molecule has 1 unspecified atom stereocenters. The zero-order valence-corrected chi connectivity index (χ0v) is 35.7. The van der Waals surface area contributed by atoms with E-state index in [4.69, 9.17) is 19.1 Å². The van der Waals surface area contributed by atoms with E-state index in [1.54, 1.807) is 12.2 Å². The van der Waals surface area contributed by atoms with E-state index in [1.807, 2.05) is 6.08 Å². The third-order valence-electron chi connectivity index (χ3n) is 9.26. The Labute approximate surface area is 334 Å². The Bertz CT molecular complexity index is 1050. The first-order valence-electron chi connectivity index (χ1n) is 21.6. The van der Waals surface area contributed by atoms with Gasteiger partial charge in [-0.05, 0) is 44.1 Å². The van der Waals surface area contributed by atoms with E-state index in [-0.39, 0.29) is 25.2 Å². The number of carbonyl (C=O) groups is 3. The van der Waals surface area contributed by atoms with E-state index in [9.17, 15) is 28.9 Å². The number of phosphoric ester groups is 1. The van der Waals surface area contributed by atoms with Crippen LogP contribution in [0.15, 0.2) is 24.3 Å². The molecule has 0 fully saturated rings. The van der Waals surface area contributed by atoms with Gasteiger partial charge in [-0.3, -0.25) is 23.4 Å². The van der Waals surface area contributed by atoms with E-state index < -0.39 is 51.8 Å². The number of phosphoric acid groups is 1. The fraction of sp³-hybridized carbons (Fsp3) is 0.837. The van der Waals surface area contributed by atoms with Gasteiger partial charge < -0.3 is 24.6 Å². The van der Waals surface area contributed by atoms with Gasteiger partial charge in [0.25, 0.3) is 0 Å². The number of unbranched alkanes of at least 4 members (excludes halogenated alkanes) is 19. The lowest BCUT2D eigenvalue weighted by Gasteiger charge is -2.20. The predicted molar refractivity (Wildman–Crippen MR) is 220 cm³/mol. The molecule has 0 heterocycles. The topological polar surface area (TPSA) is 166 Å². The number of hydrogen-bond acceptors (Lipinski definition) is 10. The van der Waals surface area contributed by atoms with E-state index >= 15 is 0 Å². The lowest BCUT2D eigenvalue weighted by atomic mass is 10.0. The van der Waals surface area contributed by atoms with E-state index in [2.05, 4.69) is 31.4 Å². The second-order valence-electron chi connectivity index (χ2n) is 15.2. The van der Waals surface area contributed by atoms with Crippen LogP contribution in [-0.2, 0) is 37.5 Å². The number of ketones is 1. The van der Waals surface area contributed by atoms with Crippen molar-refractivity contribution in [1.82, 2.24) is 0 Å². The summed E-state index contributed by atoms with van der Waals surface area (Å²) in [6.07, 6.45) is 31.1. The molecule has 12 heteroatoms. The molecule has 0 bridgehead atoms. The average Bonchev–Trinajstić information content (AvgIpc) is 3.15. The molecule has 55 heavy (non-hydrogen) atoms. The Morgan fingerprint density at radius 2 is 1.15 bits per heavy atom. The molecule has 0 radical (unpaired) electrons. The number of esters is 2. The van der Waals surface area contributed by atoms with Gasteiger partial charge in [0.15, 0.2) is 11.9 Å². The molecule has 0 amide bonds. The minimum atomic E-state index is -4.64. The molecule has 11 nitrogen and oxygen atoms in total. The normalized spacial score (nSPS) is 14.1. The van der Waals surface area contributed by atoms with Crippen molar-refractivity contribution in [1.29, 1.82) is 0 Å². The molecule has 0 rings (SSSR count). The van der Waals surface area contributed by atoms with Crippen LogP contribution in [0.4, 0.5) is 0 Å². The fourth-order valence-electron chi connectivity index (χ4n) is 5.87. The SMILES string of the molecule is CCCCC/C=C\C=C\C(=O)CCCCCCCC(=O)O[C@H](COC(=O)CCCCCCCCCCCCCCCC(C)C)COP(=O)(O)OC[C@@H](O)CO. The van der Waals surface area contributed by atoms with Gasteiger partial charge in [-0.2, -0.15) is 0 Å². The summed E-state index contributed by atoms with van der Waals surface area (Å²) in [5.41, 5.74) is 0. The third kappa shape index (κ3) is 38.8. The lowest BCUT2D eigenvalue weighted by Crippen LogP contribution is -2.29. The van der Waals surface area contributed by atoms with Crippen molar-refractivity contribution in [3.63, 3.8) is 0 Å². The molecule has 3 N–H and O–H groups in total. The summed E-state index contributed by atoms with van der Waals surface area (Å²) in [5.74, 6) is -0.102. The van der Waals surface area contributed by atoms with Gasteiger partial charge in [-0.25, -0.2) is 4.57 Å². The van der Waals surface area contributed by atoms with Crippen molar-refractivity contribution in [3.8, 4) is 0 Å². The second kappa shape index (κ2) is 37.7. The summed E-state index contributed by atoms with van der Waals surface area (Å²) in [4.78, 5) is 47.0. The van der Waals surface area contributed by atoms with Gasteiger partial charge in [-0.1, -0.05) is 155 Å². The summed E-state index contributed by atoms with van der Waals surface area (Å²) in [6, 6.07) is 0. The van der Waals surface area contributed by atoms with Crippen molar-refractivity contribution >= 4 is 25.5 Å². The van der Waals surface area contributed by atoms with E-state index in [0.29, 0.717) is 19.3 Å². The fourth-order valence-corrected chi connectivity index (χ4v) is 6.65. The molecule has 0 saturated heterocycles. The maximum Gasteiger partial charge on any atom is 0.472 e. The second-order valence-corrected chi connectivity index (χ2v) is 16.7. The van der Waals surface area contributed by atoms with Crippen LogP contribution in [0.25, 0.3) is 0 Å². The maximum absolute atomic E-state index is 12.6. The monoisotopic (exact) mass is 803 g/mol. The highest BCUT2D eigenvalue weighted by Gasteiger charge is 2.27. The molecule has 0 saturated carbocycles. The van der Waals surface area contributed by atoms with Crippen LogP contribution < -0.4 is 0 Å². The molecule has 0 spiro atoms. The molecule has 0 aromatic carbocycles. The van der Waals surface area contributed by atoms with Gasteiger partial charge in [0.05, 0.1) is 19.8 Å². The summed E-state index contributed by atoms with van der Waals surface area (Å²) in [5, 5.41) is 18.3. The van der Waals surface area contributed by atoms with Gasteiger partial charge >= 0.3 is 19.8 Å². The van der Waals surface area contributed by atoms with Crippen molar-refractivity contribution in [2.24, 2.45) is 5.92 Å². The van der Waals surface area contributed by atoms with Crippen LogP contribution in [0.2, 0.25) is 0 Å². The minimum absolute atomic E-state index is 0.0998. The zero-order valence-electron chi connectivity index (χ0n) is 34.8. The van der Waals surface area contributed by atoms with Gasteiger partial charge in [-0.15, -0.1) is 0 Å². The molecule has 0 aliphatic heterocycles. The molecule has 322 valence electrons. The molecular weight excluding hydrogens is 723 g/mol. The van der Waals surface area contributed by atoms with Crippen LogP contribution in [0.3, 0.4) is 0 Å².